The maximum Gasteiger partial charge on any atom is 0.0432 e. The molecule has 0 aliphatic rings. The van der Waals surface area contributed by atoms with Crippen molar-refractivity contribution in [2.75, 3.05) is 18.0 Å². The fourth-order valence-electron chi connectivity index (χ4n) is 2.49. The number of aryl methyl sites for hydroxylation is 1. The maximum atomic E-state index is 3.42. The van der Waals surface area contributed by atoms with Crippen molar-refractivity contribution in [1.82, 2.24) is 5.32 Å². The molecule has 0 saturated heterocycles. The first-order chi connectivity index (χ1) is 10.2. The third-order valence-corrected chi connectivity index (χ3v) is 3.83. The van der Waals surface area contributed by atoms with Crippen molar-refractivity contribution < 1.29 is 0 Å². The molecule has 2 nitrogen and oxygen atoms in total. The Kier molecular flexibility index (Phi) is 5.82. The van der Waals surface area contributed by atoms with Crippen LogP contribution < -0.4 is 10.2 Å². The van der Waals surface area contributed by atoms with Gasteiger partial charge in [0.15, 0.2) is 0 Å². The van der Waals surface area contributed by atoms with Gasteiger partial charge in [0, 0.05) is 25.3 Å². The molecule has 21 heavy (non-hydrogen) atoms. The van der Waals surface area contributed by atoms with Crippen LogP contribution in [0.5, 0.6) is 0 Å². The lowest BCUT2D eigenvalue weighted by molar-refractivity contribution is 0.714. The van der Waals surface area contributed by atoms with Gasteiger partial charge in [-0.2, -0.15) is 0 Å². The van der Waals surface area contributed by atoms with Gasteiger partial charge < -0.3 is 10.2 Å². The second-order valence-electron chi connectivity index (χ2n) is 5.40. The molecule has 0 spiro atoms. The fourth-order valence-corrected chi connectivity index (χ4v) is 2.49. The van der Waals surface area contributed by atoms with E-state index < -0.39 is 0 Å². The molecule has 1 N–H and O–H groups in total. The zero-order valence-electron chi connectivity index (χ0n) is 13.4. The zero-order valence-corrected chi connectivity index (χ0v) is 13.4. The molecule has 0 unspecified atom stereocenters. The lowest BCUT2D eigenvalue weighted by Crippen LogP contribution is -2.23. The topological polar surface area (TPSA) is 15.3 Å². The van der Waals surface area contributed by atoms with Crippen LogP contribution in [-0.4, -0.2) is 13.1 Å². The molecular formula is C19H26N2. The van der Waals surface area contributed by atoms with Gasteiger partial charge in [-0.1, -0.05) is 48.9 Å². The normalized spacial score (nSPS) is 10.6. The zero-order chi connectivity index (χ0) is 15.1. The first-order valence-corrected chi connectivity index (χ1v) is 7.83. The van der Waals surface area contributed by atoms with Crippen LogP contribution in [0, 0.1) is 6.92 Å². The molecule has 112 valence electrons. The first-order valence-electron chi connectivity index (χ1n) is 7.83. The third kappa shape index (κ3) is 4.33. The Bertz CT molecular complexity index is 546. The van der Waals surface area contributed by atoms with Crippen molar-refractivity contribution in [3.8, 4) is 0 Å². The second-order valence-corrected chi connectivity index (χ2v) is 5.40. The smallest absolute Gasteiger partial charge is 0.0432 e. The van der Waals surface area contributed by atoms with Crippen LogP contribution in [0.1, 0.15) is 30.5 Å². The van der Waals surface area contributed by atoms with Gasteiger partial charge in [-0.25, -0.2) is 0 Å². The highest BCUT2D eigenvalue weighted by molar-refractivity contribution is 5.48. The van der Waals surface area contributed by atoms with Crippen molar-refractivity contribution in [3.63, 3.8) is 0 Å². The van der Waals surface area contributed by atoms with Crippen LogP contribution in [0.25, 0.3) is 0 Å². The Morgan fingerprint density at radius 2 is 1.57 bits per heavy atom. The van der Waals surface area contributed by atoms with Crippen molar-refractivity contribution in [2.24, 2.45) is 0 Å². The Hall–Kier alpha value is -1.80. The van der Waals surface area contributed by atoms with E-state index >= 15 is 0 Å². The van der Waals surface area contributed by atoms with Gasteiger partial charge in [0.05, 0.1) is 0 Å². The maximum absolute atomic E-state index is 3.42. The molecule has 0 amide bonds. The average molecular weight is 282 g/mol. The standard InChI is InChI=1S/C19H26N2/c1-4-20-14-17-8-6-7-9-18(17)15-21(5-2)19-12-10-16(3)11-13-19/h6-13,20H,4-5,14-15H2,1-3H3. The average Bonchev–Trinajstić information content (AvgIpc) is 2.52. The molecule has 2 rings (SSSR count). The summed E-state index contributed by atoms with van der Waals surface area (Å²) >= 11 is 0. The summed E-state index contributed by atoms with van der Waals surface area (Å²) in [6, 6.07) is 17.5. The summed E-state index contributed by atoms with van der Waals surface area (Å²) in [7, 11) is 0. The third-order valence-electron chi connectivity index (χ3n) is 3.83. The minimum absolute atomic E-state index is 0.943. The van der Waals surface area contributed by atoms with E-state index in [-0.39, 0.29) is 0 Å². The number of anilines is 1. The molecule has 0 aromatic heterocycles. The van der Waals surface area contributed by atoms with Crippen molar-refractivity contribution in [1.29, 1.82) is 0 Å². The van der Waals surface area contributed by atoms with Crippen LogP contribution >= 0.6 is 0 Å². The van der Waals surface area contributed by atoms with Gasteiger partial charge in [0.2, 0.25) is 0 Å². The number of hydrogen-bond acceptors (Lipinski definition) is 2. The predicted octanol–water partition coefficient (Wildman–Crippen LogP) is 4.13. The molecule has 0 atom stereocenters. The molecule has 2 aromatic carbocycles. The van der Waals surface area contributed by atoms with Crippen LogP contribution in [0.4, 0.5) is 5.69 Å². The van der Waals surface area contributed by atoms with E-state index in [9.17, 15) is 0 Å². The highest BCUT2D eigenvalue weighted by Gasteiger charge is 2.08. The van der Waals surface area contributed by atoms with Crippen molar-refractivity contribution in [2.45, 2.75) is 33.9 Å². The Morgan fingerprint density at radius 1 is 0.905 bits per heavy atom. The van der Waals surface area contributed by atoms with E-state index in [4.69, 9.17) is 0 Å². The van der Waals surface area contributed by atoms with Crippen LogP contribution in [-0.2, 0) is 13.1 Å². The van der Waals surface area contributed by atoms with E-state index in [1.165, 1.54) is 22.4 Å². The number of rotatable bonds is 7. The summed E-state index contributed by atoms with van der Waals surface area (Å²) in [4.78, 5) is 2.42. The summed E-state index contributed by atoms with van der Waals surface area (Å²) < 4.78 is 0. The Morgan fingerprint density at radius 3 is 2.19 bits per heavy atom. The van der Waals surface area contributed by atoms with Crippen molar-refractivity contribution >= 4 is 5.69 Å². The molecule has 0 heterocycles. The van der Waals surface area contributed by atoms with E-state index in [0.717, 1.165) is 26.2 Å². The Balaban J connectivity index is 2.16. The molecular weight excluding hydrogens is 256 g/mol. The van der Waals surface area contributed by atoms with Gasteiger partial charge in [0.1, 0.15) is 0 Å². The van der Waals surface area contributed by atoms with E-state index in [1.807, 2.05) is 0 Å². The largest absolute Gasteiger partial charge is 0.367 e. The predicted molar refractivity (Wildman–Crippen MR) is 91.7 cm³/mol. The number of nitrogens with one attached hydrogen (secondary N) is 1. The molecule has 2 aromatic rings. The first kappa shape index (κ1) is 15.6. The summed E-state index contributed by atoms with van der Waals surface area (Å²) in [5.74, 6) is 0. The molecule has 0 aliphatic heterocycles. The molecule has 0 radical (unpaired) electrons. The molecule has 2 heteroatoms. The van der Waals surface area contributed by atoms with Gasteiger partial charge in [-0.05, 0) is 43.7 Å². The van der Waals surface area contributed by atoms with Crippen molar-refractivity contribution in [3.05, 3.63) is 65.2 Å². The summed E-state index contributed by atoms with van der Waals surface area (Å²) in [5, 5.41) is 3.42. The SMILES string of the molecule is CCNCc1ccccc1CN(CC)c1ccc(C)cc1. The molecule has 0 aliphatic carbocycles. The fraction of sp³-hybridized carbons (Fsp3) is 0.368. The Labute approximate surface area is 128 Å². The molecule has 0 fully saturated rings. The monoisotopic (exact) mass is 282 g/mol. The highest BCUT2D eigenvalue weighted by Crippen LogP contribution is 2.19. The highest BCUT2D eigenvalue weighted by atomic mass is 15.1. The van der Waals surface area contributed by atoms with E-state index in [0.29, 0.717) is 0 Å². The minimum atomic E-state index is 0.943. The number of benzene rings is 2. The lowest BCUT2D eigenvalue weighted by Gasteiger charge is -2.25. The van der Waals surface area contributed by atoms with Gasteiger partial charge in [0.25, 0.3) is 0 Å². The van der Waals surface area contributed by atoms with Crippen LogP contribution in [0.3, 0.4) is 0 Å². The lowest BCUT2D eigenvalue weighted by atomic mass is 10.1. The number of nitrogens with zero attached hydrogens (tertiary/aromatic N) is 1. The molecule has 0 saturated carbocycles. The van der Waals surface area contributed by atoms with E-state index in [1.54, 1.807) is 0 Å². The summed E-state index contributed by atoms with van der Waals surface area (Å²) in [6.07, 6.45) is 0. The summed E-state index contributed by atoms with van der Waals surface area (Å²) in [5.41, 5.74) is 5.40. The quantitative estimate of drug-likeness (QED) is 0.821. The van der Waals surface area contributed by atoms with Crippen LogP contribution in [0.15, 0.2) is 48.5 Å². The van der Waals surface area contributed by atoms with Crippen LogP contribution in [0.2, 0.25) is 0 Å². The number of hydrogen-bond donors (Lipinski definition) is 1. The minimum Gasteiger partial charge on any atom is -0.367 e. The van der Waals surface area contributed by atoms with Gasteiger partial charge in [-0.3, -0.25) is 0 Å². The van der Waals surface area contributed by atoms with Gasteiger partial charge in [-0.15, -0.1) is 0 Å². The van der Waals surface area contributed by atoms with E-state index in [2.05, 4.69) is 79.5 Å². The summed E-state index contributed by atoms with van der Waals surface area (Å²) in [6.45, 7) is 10.4. The second kappa shape index (κ2) is 7.84. The van der Waals surface area contributed by atoms with Gasteiger partial charge >= 0.3 is 0 Å². The molecule has 0 bridgehead atoms.